The highest BCUT2D eigenvalue weighted by Crippen LogP contribution is 2.10. The molecule has 6 nitrogen and oxygen atoms in total. The summed E-state index contributed by atoms with van der Waals surface area (Å²) in [6, 6.07) is 5.54. The van der Waals surface area contributed by atoms with Gasteiger partial charge in [0.05, 0.1) is 11.5 Å². The van der Waals surface area contributed by atoms with E-state index in [1.54, 1.807) is 6.92 Å². The number of carbonyl (C=O) groups is 1. The lowest BCUT2D eigenvalue weighted by Gasteiger charge is -2.06. The predicted octanol–water partition coefficient (Wildman–Crippen LogP) is 0.276. The maximum absolute atomic E-state index is 11.6. The van der Waals surface area contributed by atoms with Gasteiger partial charge in [-0.25, -0.2) is 8.42 Å². The summed E-state index contributed by atoms with van der Waals surface area (Å²) in [5.41, 5.74) is 0.392. The van der Waals surface area contributed by atoms with Crippen molar-refractivity contribution in [2.45, 2.75) is 11.8 Å². The molecule has 0 fully saturated rings. The van der Waals surface area contributed by atoms with Crippen LogP contribution in [0.25, 0.3) is 0 Å². The smallest absolute Gasteiger partial charge is 0.262 e. The van der Waals surface area contributed by atoms with E-state index in [1.807, 2.05) is 4.89 Å². The SMILES string of the molecule is CCONS(=O)(=O)c1ccc(C(=O)NC)cc1. The molecule has 0 bridgehead atoms. The van der Waals surface area contributed by atoms with Gasteiger partial charge in [-0.15, -0.1) is 0 Å². The maximum Gasteiger partial charge on any atom is 0.262 e. The van der Waals surface area contributed by atoms with Gasteiger partial charge in [-0.2, -0.15) is 0 Å². The average molecular weight is 258 g/mol. The fourth-order valence-electron chi connectivity index (χ4n) is 1.11. The molecule has 0 heterocycles. The monoisotopic (exact) mass is 258 g/mol. The number of carbonyl (C=O) groups excluding carboxylic acids is 1. The Kier molecular flexibility index (Phi) is 4.62. The van der Waals surface area contributed by atoms with Crippen LogP contribution in [0.15, 0.2) is 29.2 Å². The van der Waals surface area contributed by atoms with E-state index in [0.29, 0.717) is 5.56 Å². The summed E-state index contributed by atoms with van der Waals surface area (Å²) in [6.45, 7) is 1.90. The van der Waals surface area contributed by atoms with Gasteiger partial charge in [0.1, 0.15) is 0 Å². The molecule has 17 heavy (non-hydrogen) atoms. The molecule has 1 rings (SSSR count). The van der Waals surface area contributed by atoms with Crippen LogP contribution in [-0.4, -0.2) is 28.0 Å². The van der Waals surface area contributed by atoms with Crippen LogP contribution < -0.4 is 10.2 Å². The highest BCUT2D eigenvalue weighted by Gasteiger charge is 2.14. The van der Waals surface area contributed by atoms with E-state index in [9.17, 15) is 13.2 Å². The molecule has 0 aliphatic carbocycles. The first-order valence-corrected chi connectivity index (χ1v) is 6.45. The van der Waals surface area contributed by atoms with E-state index in [2.05, 4.69) is 10.2 Å². The minimum absolute atomic E-state index is 0.0404. The number of benzene rings is 1. The molecule has 1 amide bonds. The number of rotatable bonds is 5. The van der Waals surface area contributed by atoms with E-state index < -0.39 is 10.0 Å². The number of sulfonamides is 1. The molecular weight excluding hydrogens is 244 g/mol. The Labute approximate surface area is 100.0 Å². The van der Waals surface area contributed by atoms with Crippen LogP contribution >= 0.6 is 0 Å². The maximum atomic E-state index is 11.6. The number of hydrogen-bond donors (Lipinski definition) is 2. The third-order valence-electron chi connectivity index (χ3n) is 1.97. The molecule has 0 aliphatic rings. The quantitative estimate of drug-likeness (QED) is 0.743. The number of nitrogens with one attached hydrogen (secondary N) is 2. The molecule has 0 atom stereocenters. The zero-order valence-corrected chi connectivity index (χ0v) is 10.4. The highest BCUT2D eigenvalue weighted by atomic mass is 32.2. The summed E-state index contributed by atoms with van der Waals surface area (Å²) in [5, 5.41) is 2.45. The van der Waals surface area contributed by atoms with Crippen molar-refractivity contribution in [2.75, 3.05) is 13.7 Å². The van der Waals surface area contributed by atoms with Crippen molar-refractivity contribution in [3.63, 3.8) is 0 Å². The molecule has 2 N–H and O–H groups in total. The van der Waals surface area contributed by atoms with Crippen molar-refractivity contribution in [1.82, 2.24) is 10.2 Å². The molecule has 0 saturated heterocycles. The van der Waals surface area contributed by atoms with E-state index in [-0.39, 0.29) is 17.4 Å². The van der Waals surface area contributed by atoms with Crippen LogP contribution in [0.4, 0.5) is 0 Å². The van der Waals surface area contributed by atoms with Crippen molar-refractivity contribution in [2.24, 2.45) is 0 Å². The van der Waals surface area contributed by atoms with Crippen LogP contribution in [0.1, 0.15) is 17.3 Å². The minimum Gasteiger partial charge on any atom is -0.355 e. The fraction of sp³-hybridized carbons (Fsp3) is 0.300. The summed E-state index contributed by atoms with van der Waals surface area (Å²) in [5.74, 6) is -0.272. The van der Waals surface area contributed by atoms with Crippen LogP contribution in [0.3, 0.4) is 0 Å². The Balaban J connectivity index is 2.91. The third-order valence-corrected chi connectivity index (χ3v) is 3.20. The fourth-order valence-corrected chi connectivity index (χ4v) is 1.98. The van der Waals surface area contributed by atoms with Gasteiger partial charge < -0.3 is 5.32 Å². The normalized spacial score (nSPS) is 11.2. The Morgan fingerprint density at radius 2 is 1.88 bits per heavy atom. The topological polar surface area (TPSA) is 84.5 Å². The summed E-state index contributed by atoms with van der Waals surface area (Å²) >= 11 is 0. The van der Waals surface area contributed by atoms with Gasteiger partial charge in [0.25, 0.3) is 15.9 Å². The molecule has 0 spiro atoms. The van der Waals surface area contributed by atoms with E-state index in [1.165, 1.54) is 31.3 Å². The minimum atomic E-state index is -3.68. The molecular formula is C10H14N2O4S. The zero-order valence-electron chi connectivity index (χ0n) is 9.56. The standard InChI is InChI=1S/C10H14N2O4S/c1-3-16-12-17(14,15)9-6-4-8(5-7-9)10(13)11-2/h4-7,12H,3H2,1-2H3,(H,11,13). The molecule has 0 radical (unpaired) electrons. The Hall–Kier alpha value is -1.44. The first kappa shape index (κ1) is 13.6. The summed E-state index contributed by atoms with van der Waals surface area (Å²) in [4.78, 5) is 17.9. The van der Waals surface area contributed by atoms with E-state index in [4.69, 9.17) is 0 Å². The lowest BCUT2D eigenvalue weighted by atomic mass is 10.2. The van der Waals surface area contributed by atoms with Gasteiger partial charge in [0, 0.05) is 12.6 Å². The first-order valence-electron chi connectivity index (χ1n) is 4.97. The van der Waals surface area contributed by atoms with Gasteiger partial charge in [-0.3, -0.25) is 9.63 Å². The van der Waals surface area contributed by atoms with Gasteiger partial charge in [-0.05, 0) is 31.2 Å². The highest BCUT2D eigenvalue weighted by molar-refractivity contribution is 7.89. The second-order valence-corrected chi connectivity index (χ2v) is 4.77. The van der Waals surface area contributed by atoms with Crippen LogP contribution in [-0.2, 0) is 14.9 Å². The van der Waals surface area contributed by atoms with E-state index >= 15 is 0 Å². The first-order chi connectivity index (χ1) is 8.01. The molecule has 0 saturated carbocycles. The third kappa shape index (κ3) is 3.52. The summed E-state index contributed by atoms with van der Waals surface area (Å²) in [6.07, 6.45) is 0. The zero-order chi connectivity index (χ0) is 12.9. The molecule has 0 aliphatic heterocycles. The van der Waals surface area contributed by atoms with Crippen LogP contribution in [0.5, 0.6) is 0 Å². The molecule has 1 aromatic rings. The van der Waals surface area contributed by atoms with Crippen molar-refractivity contribution < 1.29 is 18.0 Å². The predicted molar refractivity (Wildman–Crippen MR) is 61.8 cm³/mol. The Morgan fingerprint density at radius 3 is 2.35 bits per heavy atom. The summed E-state index contributed by atoms with van der Waals surface area (Å²) in [7, 11) is -2.17. The van der Waals surface area contributed by atoms with Crippen LogP contribution in [0.2, 0.25) is 0 Å². The van der Waals surface area contributed by atoms with Crippen molar-refractivity contribution in [3.05, 3.63) is 29.8 Å². The molecule has 0 aromatic heterocycles. The van der Waals surface area contributed by atoms with Crippen molar-refractivity contribution in [3.8, 4) is 0 Å². The molecule has 7 heteroatoms. The van der Waals surface area contributed by atoms with E-state index in [0.717, 1.165) is 0 Å². The molecule has 94 valence electrons. The van der Waals surface area contributed by atoms with Gasteiger partial charge in [0.2, 0.25) is 0 Å². The second-order valence-electron chi connectivity index (χ2n) is 3.12. The number of hydrogen-bond acceptors (Lipinski definition) is 4. The largest absolute Gasteiger partial charge is 0.355 e. The van der Waals surface area contributed by atoms with Gasteiger partial charge in [0.15, 0.2) is 0 Å². The van der Waals surface area contributed by atoms with Gasteiger partial charge in [-0.1, -0.05) is 4.89 Å². The van der Waals surface area contributed by atoms with Crippen molar-refractivity contribution >= 4 is 15.9 Å². The Bertz CT molecular complexity index is 482. The Morgan fingerprint density at radius 1 is 1.29 bits per heavy atom. The average Bonchev–Trinajstić information content (AvgIpc) is 2.35. The molecule has 1 aromatic carbocycles. The number of amides is 1. The van der Waals surface area contributed by atoms with Gasteiger partial charge >= 0.3 is 0 Å². The van der Waals surface area contributed by atoms with Crippen LogP contribution in [0, 0.1) is 0 Å². The lowest BCUT2D eigenvalue weighted by molar-refractivity contribution is 0.0963. The second kappa shape index (κ2) is 5.76. The molecule has 0 unspecified atom stereocenters. The summed E-state index contributed by atoms with van der Waals surface area (Å²) < 4.78 is 23.2. The van der Waals surface area contributed by atoms with Crippen molar-refractivity contribution in [1.29, 1.82) is 0 Å². The lowest BCUT2D eigenvalue weighted by Crippen LogP contribution is -2.24.